The van der Waals surface area contributed by atoms with E-state index in [1.165, 1.54) is 6.07 Å². The van der Waals surface area contributed by atoms with Crippen LogP contribution in [0.1, 0.15) is 37.6 Å². The fraction of sp³-hybridized carbons (Fsp3) is 0.462. The number of aromatic carboxylic acids is 1. The molecule has 8 heteroatoms. The Morgan fingerprint density at radius 3 is 2.52 bits per heavy atom. The molecule has 4 N–H and O–H groups in total. The quantitative estimate of drug-likeness (QED) is 0.665. The number of carbonyl (C=O) groups is 3. The molecule has 0 saturated carbocycles. The monoisotopic (exact) mass is 313 g/mol. The first-order chi connectivity index (χ1) is 9.69. The van der Waals surface area contributed by atoms with E-state index in [0.29, 0.717) is 0 Å². The summed E-state index contributed by atoms with van der Waals surface area (Å²) < 4.78 is 0. The molecule has 0 bridgehead atoms. The number of carboxylic acids is 1. The van der Waals surface area contributed by atoms with Crippen LogP contribution in [-0.4, -0.2) is 35.1 Å². The van der Waals surface area contributed by atoms with Crippen molar-refractivity contribution in [3.63, 3.8) is 0 Å². The van der Waals surface area contributed by atoms with Gasteiger partial charge in [-0.05, 0) is 32.2 Å². The molecule has 7 nitrogen and oxygen atoms in total. The number of hydrogen-bond acceptors (Lipinski definition) is 4. The first-order valence-corrected chi connectivity index (χ1v) is 7.23. The number of carbonyl (C=O) groups excluding carboxylic acids is 2. The van der Waals surface area contributed by atoms with Crippen LogP contribution in [-0.2, 0) is 4.79 Å². The van der Waals surface area contributed by atoms with Crippen LogP contribution in [0.25, 0.3) is 0 Å². The van der Waals surface area contributed by atoms with Crippen LogP contribution in [0.3, 0.4) is 0 Å². The Balaban J connectivity index is 2.36. The molecule has 3 amide bonds. The summed E-state index contributed by atoms with van der Waals surface area (Å²) in [6.07, 6.45) is 0.154. The highest BCUT2D eigenvalue weighted by molar-refractivity contribution is 7.14. The highest BCUT2D eigenvalue weighted by atomic mass is 32.1. The Labute approximate surface area is 126 Å². The topological polar surface area (TPSA) is 108 Å². The van der Waals surface area contributed by atoms with Gasteiger partial charge in [0.2, 0.25) is 5.91 Å². The van der Waals surface area contributed by atoms with E-state index in [-0.39, 0.29) is 35.0 Å². The zero-order valence-corrected chi connectivity index (χ0v) is 13.0. The van der Waals surface area contributed by atoms with E-state index in [1.807, 2.05) is 20.8 Å². The Kier molecular flexibility index (Phi) is 5.71. The van der Waals surface area contributed by atoms with Crippen molar-refractivity contribution < 1.29 is 19.5 Å². The number of rotatable bonds is 5. The maximum Gasteiger partial charge on any atom is 0.338 e. The van der Waals surface area contributed by atoms with Crippen molar-refractivity contribution in [2.45, 2.75) is 32.7 Å². The second kappa shape index (κ2) is 7.07. The van der Waals surface area contributed by atoms with Gasteiger partial charge in [0, 0.05) is 18.5 Å². The Morgan fingerprint density at radius 1 is 1.29 bits per heavy atom. The average molecular weight is 313 g/mol. The van der Waals surface area contributed by atoms with Crippen molar-refractivity contribution in [2.24, 2.45) is 0 Å². The molecule has 1 aromatic heterocycles. The van der Waals surface area contributed by atoms with Gasteiger partial charge in [0.15, 0.2) is 0 Å². The molecule has 0 radical (unpaired) electrons. The fourth-order valence-electron chi connectivity index (χ4n) is 1.49. The van der Waals surface area contributed by atoms with E-state index in [1.54, 1.807) is 5.38 Å². The zero-order chi connectivity index (χ0) is 16.0. The lowest BCUT2D eigenvalue weighted by Gasteiger charge is -2.20. The van der Waals surface area contributed by atoms with Crippen LogP contribution < -0.4 is 16.0 Å². The highest BCUT2D eigenvalue weighted by Crippen LogP contribution is 2.22. The molecule has 0 aliphatic heterocycles. The summed E-state index contributed by atoms with van der Waals surface area (Å²) >= 11 is 1.12. The lowest BCUT2D eigenvalue weighted by atomic mass is 10.1. The number of nitrogens with one attached hydrogen (secondary N) is 3. The number of anilines is 1. The van der Waals surface area contributed by atoms with Crippen LogP contribution >= 0.6 is 11.3 Å². The molecule has 1 rings (SSSR count). The van der Waals surface area contributed by atoms with E-state index >= 15 is 0 Å². The normalized spacial score (nSPS) is 10.8. The van der Waals surface area contributed by atoms with Gasteiger partial charge >= 0.3 is 12.0 Å². The summed E-state index contributed by atoms with van der Waals surface area (Å²) in [5.74, 6) is -1.26. The van der Waals surface area contributed by atoms with Gasteiger partial charge in [0.05, 0.1) is 5.56 Å². The van der Waals surface area contributed by atoms with Crippen LogP contribution in [0.2, 0.25) is 0 Å². The third kappa shape index (κ3) is 6.26. The average Bonchev–Trinajstić information content (AvgIpc) is 2.74. The summed E-state index contributed by atoms with van der Waals surface area (Å²) in [7, 11) is 0. The van der Waals surface area contributed by atoms with Gasteiger partial charge in [0.1, 0.15) is 5.00 Å². The summed E-state index contributed by atoms with van der Waals surface area (Å²) in [5.41, 5.74) is -0.271. The van der Waals surface area contributed by atoms with Crippen LogP contribution in [0, 0.1) is 0 Å². The minimum Gasteiger partial charge on any atom is -0.478 e. The van der Waals surface area contributed by atoms with Gasteiger partial charge in [-0.1, -0.05) is 0 Å². The van der Waals surface area contributed by atoms with Crippen molar-refractivity contribution >= 4 is 34.2 Å². The molecular formula is C13H19N3O4S. The standard InChI is InChI=1S/C13H19N3O4S/c1-13(2,3)16-9(17)4-6-14-12(20)15-10-8(11(18)19)5-7-21-10/h5,7H,4,6H2,1-3H3,(H,16,17)(H,18,19)(H2,14,15,20). The maximum absolute atomic E-state index is 11.6. The second-order valence-corrected chi connectivity index (χ2v) is 6.31. The number of urea groups is 1. The first-order valence-electron chi connectivity index (χ1n) is 6.35. The smallest absolute Gasteiger partial charge is 0.338 e. The number of thiophene rings is 1. The highest BCUT2D eigenvalue weighted by Gasteiger charge is 2.15. The molecule has 0 atom stereocenters. The van der Waals surface area contributed by atoms with Gasteiger partial charge < -0.3 is 15.7 Å². The van der Waals surface area contributed by atoms with Gasteiger partial charge in [0.25, 0.3) is 0 Å². The second-order valence-electron chi connectivity index (χ2n) is 5.40. The maximum atomic E-state index is 11.6. The zero-order valence-electron chi connectivity index (χ0n) is 12.1. The Hall–Kier alpha value is -2.09. The van der Waals surface area contributed by atoms with Crippen molar-refractivity contribution in [1.29, 1.82) is 0 Å². The molecule has 0 unspecified atom stereocenters. The molecular weight excluding hydrogens is 294 g/mol. The minimum absolute atomic E-state index is 0.0422. The molecule has 0 aliphatic rings. The fourth-order valence-corrected chi connectivity index (χ4v) is 2.27. The molecule has 0 saturated heterocycles. The molecule has 21 heavy (non-hydrogen) atoms. The van der Waals surface area contributed by atoms with E-state index in [0.717, 1.165) is 11.3 Å². The predicted octanol–water partition coefficient (Wildman–Crippen LogP) is 1.87. The summed E-state index contributed by atoms with van der Waals surface area (Å²) in [5, 5.41) is 18.5. The third-order valence-electron chi connectivity index (χ3n) is 2.27. The lowest BCUT2D eigenvalue weighted by Crippen LogP contribution is -2.42. The van der Waals surface area contributed by atoms with Crippen molar-refractivity contribution in [1.82, 2.24) is 10.6 Å². The summed E-state index contributed by atoms with van der Waals surface area (Å²) in [4.78, 5) is 34.0. The Bertz CT molecular complexity index is 534. The molecule has 1 aromatic rings. The van der Waals surface area contributed by atoms with Gasteiger partial charge in [-0.25, -0.2) is 9.59 Å². The van der Waals surface area contributed by atoms with Gasteiger partial charge in [-0.3, -0.25) is 10.1 Å². The third-order valence-corrected chi connectivity index (χ3v) is 3.10. The van der Waals surface area contributed by atoms with Crippen molar-refractivity contribution in [2.75, 3.05) is 11.9 Å². The SMILES string of the molecule is CC(C)(C)NC(=O)CCNC(=O)Nc1sccc1C(=O)O. The molecule has 0 aliphatic carbocycles. The van der Waals surface area contributed by atoms with Crippen LogP contribution in [0.4, 0.5) is 9.80 Å². The minimum atomic E-state index is -1.10. The van der Waals surface area contributed by atoms with Gasteiger partial charge in [-0.15, -0.1) is 11.3 Å². The molecule has 0 fully saturated rings. The predicted molar refractivity (Wildman–Crippen MR) is 80.8 cm³/mol. The van der Waals surface area contributed by atoms with E-state index < -0.39 is 12.0 Å². The van der Waals surface area contributed by atoms with Gasteiger partial charge in [-0.2, -0.15) is 0 Å². The number of amides is 3. The molecule has 1 heterocycles. The molecule has 0 spiro atoms. The summed E-state index contributed by atoms with van der Waals surface area (Å²) in [6, 6.07) is 0.878. The summed E-state index contributed by atoms with van der Waals surface area (Å²) in [6.45, 7) is 5.78. The van der Waals surface area contributed by atoms with Crippen molar-refractivity contribution in [3.05, 3.63) is 17.0 Å². The lowest BCUT2D eigenvalue weighted by molar-refractivity contribution is -0.122. The van der Waals surface area contributed by atoms with E-state index in [2.05, 4.69) is 16.0 Å². The first kappa shape index (κ1) is 17.0. The van der Waals surface area contributed by atoms with Crippen molar-refractivity contribution in [3.8, 4) is 0 Å². The molecule has 116 valence electrons. The van der Waals surface area contributed by atoms with Crippen LogP contribution in [0.15, 0.2) is 11.4 Å². The number of carboxylic acid groups (broad SMARTS) is 1. The van der Waals surface area contributed by atoms with E-state index in [4.69, 9.17) is 5.11 Å². The number of hydrogen-bond donors (Lipinski definition) is 4. The molecule has 0 aromatic carbocycles. The van der Waals surface area contributed by atoms with Crippen LogP contribution in [0.5, 0.6) is 0 Å². The Morgan fingerprint density at radius 2 is 1.95 bits per heavy atom. The van der Waals surface area contributed by atoms with E-state index in [9.17, 15) is 14.4 Å². The largest absolute Gasteiger partial charge is 0.478 e.